The maximum Gasteiger partial charge on any atom is 0.410 e. The number of unbranched alkanes of at least 4 members (excludes halogenated alkanes) is 1. The summed E-state index contributed by atoms with van der Waals surface area (Å²) in [5, 5.41) is 0. The molecular weight excluding hydrogens is 439 g/mol. The quantitative estimate of drug-likeness (QED) is 0.353. The maximum atomic E-state index is 14.0. The molecule has 182 valence electrons. The van der Waals surface area contributed by atoms with Crippen LogP contribution in [0.4, 0.5) is 14.9 Å². The van der Waals surface area contributed by atoms with E-state index in [1.165, 1.54) is 30.5 Å². The highest BCUT2D eigenvalue weighted by molar-refractivity contribution is 5.69. The van der Waals surface area contributed by atoms with Gasteiger partial charge >= 0.3 is 6.09 Å². The van der Waals surface area contributed by atoms with Gasteiger partial charge in [-0.25, -0.2) is 9.18 Å². The second kappa shape index (κ2) is 12.6. The van der Waals surface area contributed by atoms with E-state index in [-0.39, 0.29) is 5.75 Å². The van der Waals surface area contributed by atoms with Crippen LogP contribution in [0.2, 0.25) is 0 Å². The molecule has 1 amide bonds. The normalized spacial score (nSPS) is 10.5. The lowest BCUT2D eigenvalue weighted by Gasteiger charge is -2.27. The van der Waals surface area contributed by atoms with Crippen LogP contribution < -0.4 is 15.4 Å². The molecule has 3 rings (SSSR count). The summed E-state index contributed by atoms with van der Waals surface area (Å²) < 4.78 is 18.8. The highest BCUT2D eigenvalue weighted by Gasteiger charge is 2.14. The number of amides is 1. The van der Waals surface area contributed by atoms with E-state index in [0.29, 0.717) is 12.5 Å². The van der Waals surface area contributed by atoms with Crippen molar-refractivity contribution in [1.82, 2.24) is 0 Å². The first-order valence-corrected chi connectivity index (χ1v) is 12.1. The summed E-state index contributed by atoms with van der Waals surface area (Å²) in [4.78, 5) is 13.2. The van der Waals surface area contributed by atoms with Gasteiger partial charge in [-0.15, -0.1) is 0 Å². The molecular formula is C30H33FN2O2. The Balaban J connectivity index is 1.72. The van der Waals surface area contributed by atoms with E-state index in [1.807, 2.05) is 12.1 Å². The van der Waals surface area contributed by atoms with Crippen molar-refractivity contribution in [3.05, 3.63) is 94.8 Å². The number of ether oxygens (including phenoxy) is 1. The van der Waals surface area contributed by atoms with Crippen molar-refractivity contribution < 1.29 is 13.9 Å². The van der Waals surface area contributed by atoms with Gasteiger partial charge in [0.15, 0.2) is 11.6 Å². The zero-order valence-corrected chi connectivity index (χ0v) is 20.7. The third kappa shape index (κ3) is 8.19. The van der Waals surface area contributed by atoms with Gasteiger partial charge < -0.3 is 15.4 Å². The molecule has 0 radical (unpaired) electrons. The van der Waals surface area contributed by atoms with Crippen LogP contribution in [0.5, 0.6) is 5.75 Å². The fourth-order valence-electron chi connectivity index (χ4n) is 3.77. The number of nitrogens with zero attached hydrogens (tertiary/aromatic N) is 1. The predicted octanol–water partition coefficient (Wildman–Crippen LogP) is 6.69. The van der Waals surface area contributed by atoms with E-state index < -0.39 is 11.9 Å². The molecule has 0 aromatic heterocycles. The fraction of sp³-hybridized carbons (Fsp3) is 0.300. The van der Waals surface area contributed by atoms with Crippen molar-refractivity contribution in [2.24, 2.45) is 11.7 Å². The van der Waals surface area contributed by atoms with Gasteiger partial charge in [0.2, 0.25) is 0 Å². The first-order valence-electron chi connectivity index (χ1n) is 12.1. The molecule has 0 spiro atoms. The second-order valence-electron chi connectivity index (χ2n) is 9.06. The summed E-state index contributed by atoms with van der Waals surface area (Å²) in [5.74, 6) is 6.04. The Morgan fingerprint density at radius 1 is 0.971 bits per heavy atom. The lowest BCUT2D eigenvalue weighted by molar-refractivity contribution is 0.208. The van der Waals surface area contributed by atoms with Gasteiger partial charge in [-0.3, -0.25) is 0 Å². The van der Waals surface area contributed by atoms with E-state index in [2.05, 4.69) is 73.9 Å². The maximum absolute atomic E-state index is 14.0. The highest BCUT2D eigenvalue weighted by Crippen LogP contribution is 2.27. The number of carbonyl (C=O) groups is 1. The number of halogens is 1. The zero-order chi connectivity index (χ0) is 25.2. The number of primary amides is 1. The highest BCUT2D eigenvalue weighted by atomic mass is 19.1. The predicted molar refractivity (Wildman–Crippen MR) is 140 cm³/mol. The van der Waals surface area contributed by atoms with Crippen LogP contribution in [0.25, 0.3) is 0 Å². The van der Waals surface area contributed by atoms with Crippen molar-refractivity contribution in [3.63, 3.8) is 0 Å². The van der Waals surface area contributed by atoms with Crippen LogP contribution >= 0.6 is 0 Å². The summed E-state index contributed by atoms with van der Waals surface area (Å²) in [6.07, 6.45) is 2.47. The zero-order valence-electron chi connectivity index (χ0n) is 20.7. The monoisotopic (exact) mass is 472 g/mol. The molecule has 0 aliphatic carbocycles. The third-order valence-electron chi connectivity index (χ3n) is 5.53. The van der Waals surface area contributed by atoms with Gasteiger partial charge in [-0.05, 0) is 66.3 Å². The summed E-state index contributed by atoms with van der Waals surface area (Å²) in [6, 6.07) is 21.1. The summed E-state index contributed by atoms with van der Waals surface area (Å²) in [6.45, 7) is 7.80. The van der Waals surface area contributed by atoms with E-state index in [1.54, 1.807) is 6.07 Å². The standard InChI is InChI=1S/C30H33FN2O2/c1-4-5-6-23-7-9-24(10-8-23)11-12-25-13-15-26(16-14-25)21-33(20-22(2)3)27-17-18-28(31)29(19-27)35-30(32)34/h7-10,13-19,22H,4-6,20-21H2,1-3H3,(H2,32,34). The van der Waals surface area contributed by atoms with E-state index >= 15 is 0 Å². The molecule has 0 unspecified atom stereocenters. The van der Waals surface area contributed by atoms with Gasteiger partial charge in [0.05, 0.1) is 0 Å². The van der Waals surface area contributed by atoms with E-state index in [4.69, 9.17) is 10.5 Å². The number of hydrogen-bond acceptors (Lipinski definition) is 3. The molecule has 0 bridgehead atoms. The molecule has 0 saturated heterocycles. The lowest BCUT2D eigenvalue weighted by Crippen LogP contribution is -2.27. The van der Waals surface area contributed by atoms with Crippen LogP contribution in [0, 0.1) is 23.6 Å². The molecule has 0 aliphatic heterocycles. The van der Waals surface area contributed by atoms with E-state index in [0.717, 1.165) is 35.3 Å². The summed E-state index contributed by atoms with van der Waals surface area (Å²) >= 11 is 0. The first-order chi connectivity index (χ1) is 16.8. The average molecular weight is 473 g/mol. The molecule has 0 fully saturated rings. The number of rotatable bonds is 9. The lowest BCUT2D eigenvalue weighted by atomic mass is 10.1. The van der Waals surface area contributed by atoms with Gasteiger partial charge in [0.1, 0.15) is 0 Å². The minimum atomic E-state index is -1.04. The van der Waals surface area contributed by atoms with Crippen molar-refractivity contribution >= 4 is 11.8 Å². The second-order valence-corrected chi connectivity index (χ2v) is 9.06. The van der Waals surface area contributed by atoms with Crippen LogP contribution in [-0.2, 0) is 13.0 Å². The fourth-order valence-corrected chi connectivity index (χ4v) is 3.77. The molecule has 2 N–H and O–H groups in total. The summed E-state index contributed by atoms with van der Waals surface area (Å²) in [7, 11) is 0. The minimum Gasteiger partial charge on any atom is -0.407 e. The molecule has 5 heteroatoms. The number of hydrogen-bond donors (Lipinski definition) is 1. The first kappa shape index (κ1) is 25.8. The molecule has 0 saturated carbocycles. The Morgan fingerprint density at radius 3 is 2.11 bits per heavy atom. The molecule has 0 atom stereocenters. The Morgan fingerprint density at radius 2 is 1.57 bits per heavy atom. The third-order valence-corrected chi connectivity index (χ3v) is 5.53. The molecule has 4 nitrogen and oxygen atoms in total. The number of nitrogens with two attached hydrogens (primary N) is 1. The molecule has 0 aliphatic rings. The summed E-state index contributed by atoms with van der Waals surface area (Å²) in [5.41, 5.74) is 10.2. The van der Waals surface area contributed by atoms with Crippen molar-refractivity contribution in [1.29, 1.82) is 0 Å². The SMILES string of the molecule is CCCCc1ccc(C#Cc2ccc(CN(CC(C)C)c3ccc(F)c(OC(N)=O)c3)cc2)cc1. The average Bonchev–Trinajstić information content (AvgIpc) is 2.83. The number of anilines is 1. The largest absolute Gasteiger partial charge is 0.410 e. The van der Waals surface area contributed by atoms with Gasteiger partial charge in [0.25, 0.3) is 0 Å². The van der Waals surface area contributed by atoms with Gasteiger partial charge in [-0.2, -0.15) is 0 Å². The van der Waals surface area contributed by atoms with Crippen molar-refractivity contribution in [2.75, 3.05) is 11.4 Å². The van der Waals surface area contributed by atoms with Crippen LogP contribution in [0.3, 0.4) is 0 Å². The van der Waals surface area contributed by atoms with E-state index in [9.17, 15) is 9.18 Å². The van der Waals surface area contributed by atoms with Crippen molar-refractivity contribution in [3.8, 4) is 17.6 Å². The number of benzene rings is 3. The number of carbonyl (C=O) groups excluding carboxylic acids is 1. The minimum absolute atomic E-state index is 0.173. The Labute approximate surface area is 207 Å². The number of aryl methyl sites for hydroxylation is 1. The smallest absolute Gasteiger partial charge is 0.407 e. The Bertz CT molecular complexity index is 1180. The van der Waals surface area contributed by atoms with Crippen molar-refractivity contribution in [2.45, 2.75) is 46.6 Å². The molecule has 35 heavy (non-hydrogen) atoms. The Kier molecular flexibility index (Phi) is 9.31. The molecule has 3 aromatic rings. The molecule has 0 heterocycles. The van der Waals surface area contributed by atoms with Crippen LogP contribution in [-0.4, -0.2) is 12.6 Å². The van der Waals surface area contributed by atoms with Gasteiger partial charge in [-0.1, -0.05) is 63.3 Å². The van der Waals surface area contributed by atoms with Crippen LogP contribution in [0.1, 0.15) is 55.9 Å². The van der Waals surface area contributed by atoms with Gasteiger partial charge in [0, 0.05) is 36.0 Å². The Hall–Kier alpha value is -3.78. The molecule has 3 aromatic carbocycles. The van der Waals surface area contributed by atoms with Crippen LogP contribution in [0.15, 0.2) is 66.7 Å². The topological polar surface area (TPSA) is 55.6 Å².